The number of aromatic nitrogens is 2. The molecule has 2 N–H and O–H groups in total. The second-order valence-corrected chi connectivity index (χ2v) is 9.83. The molecule has 6 rings (SSSR count). The molecule has 0 radical (unpaired) electrons. The van der Waals surface area contributed by atoms with Gasteiger partial charge in [-0.3, -0.25) is 9.59 Å². The lowest BCUT2D eigenvalue weighted by Gasteiger charge is -2.04. The maximum atomic E-state index is 12.7. The molecule has 6 nitrogen and oxygen atoms in total. The van der Waals surface area contributed by atoms with Crippen LogP contribution >= 0.6 is 0 Å². The van der Waals surface area contributed by atoms with Gasteiger partial charge in [0, 0.05) is 70.8 Å². The fourth-order valence-electron chi connectivity index (χ4n) is 4.71. The molecule has 2 aromatic heterocycles. The summed E-state index contributed by atoms with van der Waals surface area (Å²) in [5.41, 5.74) is 6.21. The zero-order chi connectivity index (χ0) is 29.1. The average molecular weight is 551 g/mol. The van der Waals surface area contributed by atoms with Crippen molar-refractivity contribution >= 4 is 11.6 Å². The van der Waals surface area contributed by atoms with Gasteiger partial charge in [0.15, 0.2) is 36.4 Å². The van der Waals surface area contributed by atoms with Gasteiger partial charge in [-0.25, -0.2) is 0 Å². The Bertz CT molecular complexity index is 1720. The molecule has 0 unspecified atom stereocenters. The number of hydrogen-bond donors (Lipinski definition) is 2. The van der Waals surface area contributed by atoms with Crippen LogP contribution in [0.2, 0.25) is 0 Å². The molecule has 0 atom stereocenters. The van der Waals surface area contributed by atoms with Crippen LogP contribution in [0, 0.1) is 0 Å². The summed E-state index contributed by atoms with van der Waals surface area (Å²) in [5.74, 6) is 0.0657. The largest absolute Gasteiger partial charge is 0.508 e. The normalized spacial score (nSPS) is 10.8. The molecule has 6 heteroatoms. The second kappa shape index (κ2) is 11.3. The molecule has 0 amide bonds. The lowest BCUT2D eigenvalue weighted by molar-refractivity contribution is -0.596. The molecule has 6 aromatic rings. The van der Waals surface area contributed by atoms with Gasteiger partial charge in [-0.1, -0.05) is 0 Å². The summed E-state index contributed by atoms with van der Waals surface area (Å²) in [6, 6.07) is 35.5. The third kappa shape index (κ3) is 5.55. The smallest absolute Gasteiger partial charge is 0.210 e. The highest BCUT2D eigenvalue weighted by molar-refractivity contribution is 6.09. The van der Waals surface area contributed by atoms with E-state index in [0.717, 1.165) is 22.5 Å². The lowest BCUT2D eigenvalue weighted by Crippen LogP contribution is -2.29. The number of hydrogen-bond acceptors (Lipinski definition) is 4. The van der Waals surface area contributed by atoms with Gasteiger partial charge in [-0.05, 0) is 83.9 Å². The number of aromatic hydroxyl groups is 2. The number of phenols is 2. The fourth-order valence-corrected chi connectivity index (χ4v) is 4.71. The summed E-state index contributed by atoms with van der Waals surface area (Å²) in [6.07, 6.45) is 7.93. The van der Waals surface area contributed by atoms with Crippen molar-refractivity contribution < 1.29 is 28.9 Å². The number of phenolic OH excluding ortho intramolecular Hbond substituents is 2. The van der Waals surface area contributed by atoms with Gasteiger partial charge in [0.1, 0.15) is 11.5 Å². The molecule has 42 heavy (non-hydrogen) atoms. The zero-order valence-corrected chi connectivity index (χ0v) is 22.5. The molecule has 4 aromatic carbocycles. The maximum Gasteiger partial charge on any atom is 0.210 e. The highest BCUT2D eigenvalue weighted by Crippen LogP contribution is 2.19. The van der Waals surface area contributed by atoms with Crippen molar-refractivity contribution in [2.75, 3.05) is 0 Å². The van der Waals surface area contributed by atoms with E-state index in [0.29, 0.717) is 22.3 Å². The number of nitrogens with zero attached hydrogens (tertiary/aromatic N) is 2. The summed E-state index contributed by atoms with van der Waals surface area (Å²) in [5, 5.41) is 18.9. The van der Waals surface area contributed by atoms with Crippen molar-refractivity contribution in [3.05, 3.63) is 168 Å². The Kier molecular flexibility index (Phi) is 7.10. The van der Waals surface area contributed by atoms with Gasteiger partial charge in [-0.15, -0.1) is 0 Å². The summed E-state index contributed by atoms with van der Waals surface area (Å²) < 4.78 is 3.98. The Balaban J connectivity index is 1.13. The zero-order valence-electron chi connectivity index (χ0n) is 22.5. The second-order valence-electron chi connectivity index (χ2n) is 9.83. The van der Waals surface area contributed by atoms with Crippen LogP contribution in [0.3, 0.4) is 0 Å². The number of rotatable bonds is 7. The van der Waals surface area contributed by atoms with Crippen molar-refractivity contribution in [2.45, 2.75) is 0 Å². The van der Waals surface area contributed by atoms with E-state index in [2.05, 4.69) is 0 Å². The van der Waals surface area contributed by atoms with E-state index in [9.17, 15) is 19.8 Å². The first kappa shape index (κ1) is 26.3. The molecule has 2 heterocycles. The highest BCUT2D eigenvalue weighted by Gasteiger charge is 2.14. The topological polar surface area (TPSA) is 82.4 Å². The highest BCUT2D eigenvalue weighted by atomic mass is 16.3. The van der Waals surface area contributed by atoms with E-state index < -0.39 is 0 Å². The monoisotopic (exact) mass is 550 g/mol. The molecule has 0 saturated carbocycles. The van der Waals surface area contributed by atoms with E-state index >= 15 is 0 Å². The third-order valence-electron chi connectivity index (χ3n) is 7.11. The summed E-state index contributed by atoms with van der Waals surface area (Å²) in [6.45, 7) is 0. The predicted octanol–water partition coefficient (Wildman–Crippen LogP) is 5.78. The number of carbonyl (C=O) groups is 2. The van der Waals surface area contributed by atoms with Gasteiger partial charge < -0.3 is 10.2 Å². The van der Waals surface area contributed by atoms with Gasteiger partial charge in [-0.2, -0.15) is 9.13 Å². The van der Waals surface area contributed by atoms with E-state index in [1.165, 1.54) is 24.3 Å². The molecule has 0 aliphatic heterocycles. The minimum atomic E-state index is -0.0956. The minimum absolute atomic E-state index is 0.0956. The molecule has 0 aliphatic carbocycles. The van der Waals surface area contributed by atoms with Crippen LogP contribution in [0.5, 0.6) is 11.5 Å². The lowest BCUT2D eigenvalue weighted by atomic mass is 10.0. The van der Waals surface area contributed by atoms with Crippen molar-refractivity contribution in [1.29, 1.82) is 0 Å². The first-order valence-electron chi connectivity index (χ1n) is 13.4. The molecule has 202 valence electrons. The summed E-state index contributed by atoms with van der Waals surface area (Å²) in [4.78, 5) is 25.4. The Morgan fingerprint density at radius 1 is 0.381 bits per heavy atom. The molecule has 0 aliphatic rings. The molecule has 0 spiro atoms. The van der Waals surface area contributed by atoms with Gasteiger partial charge in [0.2, 0.25) is 11.4 Å². The van der Waals surface area contributed by atoms with Crippen LogP contribution in [0.4, 0.5) is 0 Å². The average Bonchev–Trinajstić information content (AvgIpc) is 3.05. The summed E-state index contributed by atoms with van der Waals surface area (Å²) >= 11 is 0. The number of benzene rings is 4. The number of pyridine rings is 2. The molecule has 0 bridgehead atoms. The van der Waals surface area contributed by atoms with Gasteiger partial charge in [0.05, 0.1) is 0 Å². The van der Waals surface area contributed by atoms with E-state index in [4.69, 9.17) is 0 Å². The third-order valence-corrected chi connectivity index (χ3v) is 7.11. The Morgan fingerprint density at radius 3 is 0.929 bits per heavy atom. The molecular weight excluding hydrogens is 524 g/mol. The van der Waals surface area contributed by atoms with E-state index in [-0.39, 0.29) is 23.1 Å². The molecular formula is C36H26N2O4+2. The van der Waals surface area contributed by atoms with Crippen LogP contribution in [0.25, 0.3) is 22.5 Å². The van der Waals surface area contributed by atoms with Crippen LogP contribution in [-0.2, 0) is 0 Å². The Labute approximate surface area is 242 Å². The van der Waals surface area contributed by atoms with Crippen molar-refractivity contribution in [2.24, 2.45) is 0 Å². The summed E-state index contributed by atoms with van der Waals surface area (Å²) in [7, 11) is 0. The molecule has 0 saturated heterocycles. The molecule has 0 fully saturated rings. The SMILES string of the molecule is O=C(c1ccc(O)cc1)c1ccc(-[n+]2ccc(-c3cc[n+](-c4ccc(C(=O)c5ccc(O)cc5)cc4)cc3)cc2)cc1. The minimum Gasteiger partial charge on any atom is -0.508 e. The van der Waals surface area contributed by atoms with Crippen LogP contribution in [0.15, 0.2) is 146 Å². The van der Waals surface area contributed by atoms with Crippen molar-refractivity contribution in [3.8, 4) is 34.0 Å². The van der Waals surface area contributed by atoms with Crippen molar-refractivity contribution in [3.63, 3.8) is 0 Å². The van der Waals surface area contributed by atoms with Crippen LogP contribution in [0.1, 0.15) is 31.8 Å². The Morgan fingerprint density at radius 2 is 0.643 bits per heavy atom. The van der Waals surface area contributed by atoms with Gasteiger partial charge in [0.25, 0.3) is 0 Å². The fraction of sp³-hybridized carbons (Fsp3) is 0. The first-order valence-corrected chi connectivity index (χ1v) is 13.4. The van der Waals surface area contributed by atoms with Gasteiger partial charge >= 0.3 is 0 Å². The number of carbonyl (C=O) groups excluding carboxylic acids is 2. The van der Waals surface area contributed by atoms with E-state index in [1.807, 2.05) is 82.5 Å². The van der Waals surface area contributed by atoms with Crippen LogP contribution < -0.4 is 9.13 Å². The van der Waals surface area contributed by atoms with Crippen molar-refractivity contribution in [1.82, 2.24) is 0 Å². The number of ketones is 2. The first-order chi connectivity index (χ1) is 20.4. The standard InChI is InChI=1S/C36H24N2O4/c39-33-13-5-29(6-14-33)35(41)27-1-9-31(10-2-27)37-21-17-25(18-22-37)26-19-23-38(24-20-26)32-11-3-28(4-12-32)36(42)30-7-15-34(40)16-8-30/h1-24H/p+2. The predicted molar refractivity (Wildman–Crippen MR) is 158 cm³/mol. The van der Waals surface area contributed by atoms with E-state index in [1.54, 1.807) is 48.5 Å². The Hall–Kier alpha value is -5.88. The maximum absolute atomic E-state index is 12.7. The quantitative estimate of drug-likeness (QED) is 0.195. The van der Waals surface area contributed by atoms with Crippen LogP contribution in [-0.4, -0.2) is 21.8 Å².